The summed E-state index contributed by atoms with van der Waals surface area (Å²) in [5.41, 5.74) is 1.28. The largest absolute Gasteiger partial charge is 0.343 e. The zero-order valence-corrected chi connectivity index (χ0v) is 16.5. The fraction of sp³-hybridized carbons (Fsp3) is 0.650. The molecule has 27 heavy (non-hydrogen) atoms. The number of fused-ring (bicyclic) bond motifs is 1. The van der Waals surface area contributed by atoms with Gasteiger partial charge in [-0.15, -0.1) is 11.3 Å². The Bertz CT molecular complexity index is 732. The van der Waals surface area contributed by atoms with Gasteiger partial charge in [-0.25, -0.2) is 0 Å². The lowest BCUT2D eigenvalue weighted by atomic mass is 9.94. The molecule has 0 radical (unpaired) electrons. The number of likely N-dealkylation sites (tertiary alicyclic amines) is 2. The van der Waals surface area contributed by atoms with Crippen molar-refractivity contribution in [3.8, 4) is 0 Å². The molecule has 0 aromatic carbocycles. The second kappa shape index (κ2) is 8.00. The van der Waals surface area contributed by atoms with Gasteiger partial charge >= 0.3 is 0 Å². The molecule has 6 nitrogen and oxygen atoms in total. The third-order valence-electron chi connectivity index (χ3n) is 6.00. The third kappa shape index (κ3) is 4.03. The van der Waals surface area contributed by atoms with Crippen LogP contribution in [0.4, 0.5) is 0 Å². The van der Waals surface area contributed by atoms with Crippen LogP contribution in [0.5, 0.6) is 0 Å². The maximum Gasteiger partial charge on any atom is 0.227 e. The van der Waals surface area contributed by atoms with Crippen LogP contribution in [0.1, 0.15) is 42.5 Å². The van der Waals surface area contributed by atoms with Crippen LogP contribution < -0.4 is 0 Å². The predicted molar refractivity (Wildman–Crippen MR) is 103 cm³/mol. The van der Waals surface area contributed by atoms with E-state index >= 15 is 0 Å². The molecule has 0 spiro atoms. The Morgan fingerprint density at radius 2 is 1.89 bits per heavy atom. The van der Waals surface area contributed by atoms with Gasteiger partial charge in [0.2, 0.25) is 17.7 Å². The minimum atomic E-state index is -0.0868. The Morgan fingerprint density at radius 1 is 1.07 bits per heavy atom. The molecule has 0 N–H and O–H groups in total. The van der Waals surface area contributed by atoms with Crippen LogP contribution in [0.3, 0.4) is 0 Å². The zero-order chi connectivity index (χ0) is 18.8. The van der Waals surface area contributed by atoms with Crippen molar-refractivity contribution in [3.05, 3.63) is 21.9 Å². The van der Waals surface area contributed by atoms with Crippen molar-refractivity contribution in [3.63, 3.8) is 0 Å². The topological polar surface area (TPSA) is 60.9 Å². The Hall–Kier alpha value is -1.89. The number of hydrogen-bond acceptors (Lipinski definition) is 4. The van der Waals surface area contributed by atoms with Gasteiger partial charge in [-0.1, -0.05) is 0 Å². The molecule has 2 saturated heterocycles. The molecule has 4 rings (SSSR count). The molecule has 0 aliphatic carbocycles. The monoisotopic (exact) mass is 389 g/mol. The first kappa shape index (κ1) is 18.5. The molecule has 3 aliphatic heterocycles. The van der Waals surface area contributed by atoms with Gasteiger partial charge in [0.1, 0.15) is 0 Å². The summed E-state index contributed by atoms with van der Waals surface area (Å²) >= 11 is 1.78. The van der Waals surface area contributed by atoms with E-state index < -0.39 is 0 Å². The maximum absolute atomic E-state index is 13.0. The van der Waals surface area contributed by atoms with Gasteiger partial charge in [-0.2, -0.15) is 0 Å². The quantitative estimate of drug-likeness (QED) is 0.773. The molecule has 146 valence electrons. The van der Waals surface area contributed by atoms with Crippen molar-refractivity contribution in [1.82, 2.24) is 14.7 Å². The molecular formula is C20H27N3O3S. The van der Waals surface area contributed by atoms with Crippen LogP contribution in [-0.2, 0) is 27.3 Å². The van der Waals surface area contributed by atoms with Gasteiger partial charge in [0.15, 0.2) is 0 Å². The number of nitrogens with zero attached hydrogens (tertiary/aromatic N) is 3. The molecule has 0 bridgehead atoms. The minimum Gasteiger partial charge on any atom is -0.343 e. The van der Waals surface area contributed by atoms with E-state index in [2.05, 4.69) is 11.4 Å². The van der Waals surface area contributed by atoms with E-state index in [0.717, 1.165) is 32.4 Å². The number of carbonyl (C=O) groups excluding carboxylic acids is 3. The van der Waals surface area contributed by atoms with Crippen molar-refractivity contribution in [2.45, 2.75) is 45.1 Å². The highest BCUT2D eigenvalue weighted by Crippen LogP contribution is 2.27. The highest BCUT2D eigenvalue weighted by molar-refractivity contribution is 7.10. The summed E-state index contributed by atoms with van der Waals surface area (Å²) in [6, 6.07) is 2.12. The van der Waals surface area contributed by atoms with Gasteiger partial charge in [-0.3, -0.25) is 14.4 Å². The smallest absolute Gasteiger partial charge is 0.227 e. The lowest BCUT2D eigenvalue weighted by Gasteiger charge is -2.36. The number of thiophene rings is 1. The maximum atomic E-state index is 13.0. The second-order valence-corrected chi connectivity index (χ2v) is 8.79. The number of rotatable bonds is 5. The molecule has 2 fully saturated rings. The molecule has 7 heteroatoms. The van der Waals surface area contributed by atoms with Gasteiger partial charge in [0.25, 0.3) is 0 Å². The summed E-state index contributed by atoms with van der Waals surface area (Å²) in [6.07, 6.45) is 4.45. The number of hydrogen-bond donors (Lipinski definition) is 0. The SMILES string of the molecule is O=C1CCCN1CCCN1C[C@H](C(=O)N2CCc3sccc3C2)CCC1=O. The molecule has 3 aliphatic rings. The number of amides is 3. The van der Waals surface area contributed by atoms with Crippen LogP contribution in [0, 0.1) is 5.92 Å². The van der Waals surface area contributed by atoms with Crippen molar-refractivity contribution >= 4 is 29.1 Å². The second-order valence-electron chi connectivity index (χ2n) is 7.79. The molecule has 1 aromatic rings. The first-order valence-corrected chi connectivity index (χ1v) is 10.9. The van der Waals surface area contributed by atoms with E-state index in [1.54, 1.807) is 11.3 Å². The van der Waals surface area contributed by atoms with Crippen molar-refractivity contribution < 1.29 is 14.4 Å². The Labute approximate surface area is 164 Å². The Morgan fingerprint density at radius 3 is 2.70 bits per heavy atom. The lowest BCUT2D eigenvalue weighted by Crippen LogP contribution is -2.48. The van der Waals surface area contributed by atoms with Gasteiger partial charge in [0, 0.05) is 57.0 Å². The Balaban J connectivity index is 1.29. The number of carbonyl (C=O) groups is 3. The van der Waals surface area contributed by atoms with E-state index in [-0.39, 0.29) is 23.6 Å². The van der Waals surface area contributed by atoms with E-state index in [0.29, 0.717) is 45.4 Å². The van der Waals surface area contributed by atoms with E-state index in [4.69, 9.17) is 0 Å². The molecule has 0 saturated carbocycles. The summed E-state index contributed by atoms with van der Waals surface area (Å²) in [5, 5.41) is 2.10. The average molecular weight is 390 g/mol. The van der Waals surface area contributed by atoms with E-state index in [9.17, 15) is 14.4 Å². The third-order valence-corrected chi connectivity index (χ3v) is 7.02. The Kier molecular flexibility index (Phi) is 5.48. The van der Waals surface area contributed by atoms with Crippen LogP contribution in [0.15, 0.2) is 11.4 Å². The summed E-state index contributed by atoms with van der Waals surface area (Å²) in [6.45, 7) is 4.22. The molecular weight excluding hydrogens is 362 g/mol. The van der Waals surface area contributed by atoms with Crippen molar-refractivity contribution in [2.75, 3.05) is 32.7 Å². The molecule has 4 heterocycles. The fourth-order valence-corrected chi connectivity index (χ4v) is 5.31. The standard InChI is InChI=1S/C20H27N3O3S/c24-18-3-1-8-21(18)9-2-10-22-14-16(4-5-19(22)25)20(26)23-11-6-17-15(13-23)7-12-27-17/h7,12,16H,1-6,8-11,13-14H2/t16-/m1/s1. The van der Waals surface area contributed by atoms with Crippen molar-refractivity contribution in [1.29, 1.82) is 0 Å². The molecule has 1 aromatic heterocycles. The lowest BCUT2D eigenvalue weighted by molar-refractivity contribution is -0.143. The average Bonchev–Trinajstić information content (AvgIpc) is 3.31. The fourth-order valence-electron chi connectivity index (χ4n) is 4.42. The first-order chi connectivity index (χ1) is 13.1. The normalized spacial score (nSPS) is 23.1. The van der Waals surface area contributed by atoms with Gasteiger partial charge in [-0.05, 0) is 42.7 Å². The predicted octanol–water partition coefficient (Wildman–Crippen LogP) is 1.88. The summed E-state index contributed by atoms with van der Waals surface area (Å²) in [7, 11) is 0. The molecule has 3 amide bonds. The van der Waals surface area contributed by atoms with Gasteiger partial charge in [0.05, 0.1) is 5.92 Å². The summed E-state index contributed by atoms with van der Waals surface area (Å²) < 4.78 is 0. The zero-order valence-electron chi connectivity index (χ0n) is 15.7. The first-order valence-electron chi connectivity index (χ1n) is 10.0. The van der Waals surface area contributed by atoms with Crippen molar-refractivity contribution in [2.24, 2.45) is 5.92 Å². The highest BCUT2D eigenvalue weighted by Gasteiger charge is 2.34. The molecule has 1 atom stereocenters. The summed E-state index contributed by atoms with van der Waals surface area (Å²) in [5.74, 6) is 0.479. The van der Waals surface area contributed by atoms with Crippen LogP contribution in [0.2, 0.25) is 0 Å². The number of piperidine rings is 1. The van der Waals surface area contributed by atoms with E-state index in [1.807, 2.05) is 14.7 Å². The van der Waals surface area contributed by atoms with Crippen LogP contribution in [-0.4, -0.2) is 65.1 Å². The van der Waals surface area contributed by atoms with Crippen LogP contribution >= 0.6 is 11.3 Å². The summed E-state index contributed by atoms with van der Waals surface area (Å²) in [4.78, 5) is 44.1. The van der Waals surface area contributed by atoms with E-state index in [1.165, 1.54) is 10.4 Å². The van der Waals surface area contributed by atoms with Gasteiger partial charge < -0.3 is 14.7 Å². The highest BCUT2D eigenvalue weighted by atomic mass is 32.1. The van der Waals surface area contributed by atoms with Crippen LogP contribution in [0.25, 0.3) is 0 Å². The molecule has 0 unspecified atom stereocenters. The minimum absolute atomic E-state index is 0.0868.